The van der Waals surface area contributed by atoms with Crippen molar-refractivity contribution in [3.63, 3.8) is 0 Å². The zero-order chi connectivity index (χ0) is 19.0. The third kappa shape index (κ3) is 8.25. The Labute approximate surface area is 152 Å². The van der Waals surface area contributed by atoms with Gasteiger partial charge in [-0.15, -0.1) is 0 Å². The van der Waals surface area contributed by atoms with Crippen LogP contribution in [0.2, 0.25) is 0 Å². The minimum atomic E-state index is -0.837. The van der Waals surface area contributed by atoms with Crippen molar-refractivity contribution in [3.8, 4) is 0 Å². The molecule has 1 atom stereocenters. The number of nitrogens with zero attached hydrogens (tertiary/aromatic N) is 1. The molecule has 0 aromatic heterocycles. The molecule has 0 fully saturated rings. The highest BCUT2D eigenvalue weighted by Crippen LogP contribution is 2.26. The van der Waals surface area contributed by atoms with Crippen LogP contribution in [-0.2, 0) is 16.0 Å². The van der Waals surface area contributed by atoms with E-state index in [2.05, 4.69) is 44.7 Å². The Balaban J connectivity index is 2.69. The highest BCUT2D eigenvalue weighted by molar-refractivity contribution is 5.68. The number of nitrogen functional groups attached to an aromatic ring is 1. The summed E-state index contributed by atoms with van der Waals surface area (Å²) in [6, 6.07) is 6.19. The molecule has 1 aromatic carbocycles. The molecule has 25 heavy (non-hydrogen) atoms. The van der Waals surface area contributed by atoms with E-state index in [9.17, 15) is 4.79 Å². The van der Waals surface area contributed by atoms with Gasteiger partial charge in [0.05, 0.1) is 30.5 Å². The molecule has 1 aromatic rings. The van der Waals surface area contributed by atoms with Crippen LogP contribution < -0.4 is 10.6 Å². The van der Waals surface area contributed by atoms with Gasteiger partial charge in [-0.25, -0.2) is 0 Å². The van der Waals surface area contributed by atoms with E-state index in [0.717, 1.165) is 36.4 Å². The Morgan fingerprint density at radius 1 is 1.16 bits per heavy atom. The largest absolute Gasteiger partial charge is 0.481 e. The van der Waals surface area contributed by atoms with Gasteiger partial charge in [-0.2, -0.15) is 0 Å². The third-order valence-corrected chi connectivity index (χ3v) is 3.86. The van der Waals surface area contributed by atoms with Crippen LogP contribution in [0.1, 0.15) is 46.6 Å². The number of benzene rings is 1. The van der Waals surface area contributed by atoms with Gasteiger partial charge in [-0.05, 0) is 42.9 Å². The van der Waals surface area contributed by atoms with E-state index >= 15 is 0 Å². The number of carboxylic acid groups (broad SMARTS) is 1. The van der Waals surface area contributed by atoms with Gasteiger partial charge in [0.15, 0.2) is 0 Å². The molecule has 0 radical (unpaired) electrons. The van der Waals surface area contributed by atoms with Crippen molar-refractivity contribution >= 4 is 17.3 Å². The smallest absolute Gasteiger partial charge is 0.305 e. The van der Waals surface area contributed by atoms with Crippen molar-refractivity contribution in [1.29, 1.82) is 0 Å². The van der Waals surface area contributed by atoms with Crippen LogP contribution in [-0.4, -0.2) is 36.9 Å². The summed E-state index contributed by atoms with van der Waals surface area (Å²) in [5.74, 6) is 0.306. The quantitative estimate of drug-likeness (QED) is 0.594. The number of anilines is 2. The monoisotopic (exact) mass is 350 g/mol. The lowest BCUT2D eigenvalue weighted by Gasteiger charge is -2.30. The summed E-state index contributed by atoms with van der Waals surface area (Å²) in [6.07, 6.45) is 0.477. The lowest BCUT2D eigenvalue weighted by molar-refractivity contribution is -0.139. The number of ether oxygens (including phenoxy) is 1. The van der Waals surface area contributed by atoms with Crippen molar-refractivity contribution in [2.24, 2.45) is 11.8 Å². The molecular formula is C20H34N2O3. The summed E-state index contributed by atoms with van der Waals surface area (Å²) in [6.45, 7) is 13.1. The highest BCUT2D eigenvalue weighted by atomic mass is 16.5. The average molecular weight is 351 g/mol. The van der Waals surface area contributed by atoms with E-state index < -0.39 is 5.97 Å². The van der Waals surface area contributed by atoms with Crippen molar-refractivity contribution in [2.75, 3.05) is 30.3 Å². The topological polar surface area (TPSA) is 75.8 Å². The summed E-state index contributed by atoms with van der Waals surface area (Å²) in [4.78, 5) is 13.0. The van der Waals surface area contributed by atoms with E-state index in [1.54, 1.807) is 6.92 Å². The van der Waals surface area contributed by atoms with Gasteiger partial charge >= 0.3 is 5.97 Å². The van der Waals surface area contributed by atoms with Gasteiger partial charge in [-0.3, -0.25) is 4.79 Å². The number of hydrogen-bond donors (Lipinski definition) is 2. The Bertz CT molecular complexity index is 534. The van der Waals surface area contributed by atoms with E-state index in [0.29, 0.717) is 18.4 Å². The number of carboxylic acids is 1. The molecule has 0 aliphatic rings. The maximum Gasteiger partial charge on any atom is 0.305 e. The van der Waals surface area contributed by atoms with E-state index in [-0.39, 0.29) is 12.5 Å². The van der Waals surface area contributed by atoms with Crippen molar-refractivity contribution in [2.45, 2.75) is 53.6 Å². The zero-order valence-electron chi connectivity index (χ0n) is 16.3. The van der Waals surface area contributed by atoms with Gasteiger partial charge in [0.2, 0.25) is 0 Å². The lowest BCUT2D eigenvalue weighted by atomic mass is 10.1. The molecular weight excluding hydrogens is 316 g/mol. The Morgan fingerprint density at radius 3 is 2.24 bits per heavy atom. The number of aliphatic carboxylic acids is 1. The Hall–Kier alpha value is -1.75. The van der Waals surface area contributed by atoms with E-state index in [1.807, 2.05) is 6.07 Å². The van der Waals surface area contributed by atoms with Gasteiger partial charge in [-0.1, -0.05) is 33.8 Å². The van der Waals surface area contributed by atoms with E-state index in [1.165, 1.54) is 0 Å². The summed E-state index contributed by atoms with van der Waals surface area (Å²) in [7, 11) is 0. The highest BCUT2D eigenvalue weighted by Gasteiger charge is 2.14. The summed E-state index contributed by atoms with van der Waals surface area (Å²) >= 11 is 0. The van der Waals surface area contributed by atoms with Gasteiger partial charge < -0.3 is 20.5 Å². The molecule has 5 nitrogen and oxygen atoms in total. The first kappa shape index (κ1) is 21.3. The minimum Gasteiger partial charge on any atom is -0.481 e. The predicted molar refractivity (Wildman–Crippen MR) is 104 cm³/mol. The maximum atomic E-state index is 10.6. The molecule has 0 saturated heterocycles. The van der Waals surface area contributed by atoms with Crippen LogP contribution in [0.5, 0.6) is 0 Å². The van der Waals surface area contributed by atoms with E-state index in [4.69, 9.17) is 15.6 Å². The molecule has 0 spiro atoms. The number of carbonyl (C=O) groups is 1. The molecule has 5 heteroatoms. The van der Waals surface area contributed by atoms with Crippen LogP contribution in [0.15, 0.2) is 18.2 Å². The van der Waals surface area contributed by atoms with Crippen molar-refractivity contribution < 1.29 is 14.6 Å². The van der Waals surface area contributed by atoms with Crippen LogP contribution >= 0.6 is 0 Å². The molecule has 1 rings (SSSR count). The molecule has 0 amide bonds. The summed E-state index contributed by atoms with van der Waals surface area (Å²) in [5.41, 5.74) is 9.30. The van der Waals surface area contributed by atoms with Crippen LogP contribution in [0.4, 0.5) is 11.4 Å². The fraction of sp³-hybridized carbons (Fsp3) is 0.650. The first-order valence-corrected chi connectivity index (χ1v) is 9.15. The number of hydrogen-bond acceptors (Lipinski definition) is 4. The molecule has 0 bridgehead atoms. The van der Waals surface area contributed by atoms with Gasteiger partial charge in [0.25, 0.3) is 0 Å². The zero-order valence-corrected chi connectivity index (χ0v) is 16.3. The van der Waals surface area contributed by atoms with Gasteiger partial charge in [0, 0.05) is 13.1 Å². The van der Waals surface area contributed by atoms with Crippen molar-refractivity contribution in [1.82, 2.24) is 0 Å². The second kappa shape index (κ2) is 10.3. The number of nitrogens with two attached hydrogens (primary N) is 1. The maximum absolute atomic E-state index is 10.6. The van der Waals surface area contributed by atoms with Gasteiger partial charge in [0.1, 0.15) is 0 Å². The predicted octanol–water partition coefficient (Wildman–Crippen LogP) is 3.81. The average Bonchev–Trinajstić information content (AvgIpc) is 2.44. The standard InChI is InChI=1S/C20H34N2O3/c1-14(2)12-22(13-15(3)4)19-7-6-17(11-18(19)21)8-9-25-16(5)10-20(23)24/h6-7,11,14-16H,8-10,12-13,21H2,1-5H3,(H,23,24). The molecule has 0 aliphatic heterocycles. The van der Waals surface area contributed by atoms with Crippen LogP contribution in [0.3, 0.4) is 0 Å². The third-order valence-electron chi connectivity index (χ3n) is 3.86. The van der Waals surface area contributed by atoms with Crippen LogP contribution in [0, 0.1) is 11.8 Å². The molecule has 1 unspecified atom stereocenters. The Kier molecular flexibility index (Phi) is 8.76. The van der Waals surface area contributed by atoms with Crippen LogP contribution in [0.25, 0.3) is 0 Å². The minimum absolute atomic E-state index is 0.0282. The van der Waals surface area contributed by atoms with Crippen molar-refractivity contribution in [3.05, 3.63) is 23.8 Å². The first-order chi connectivity index (χ1) is 11.7. The summed E-state index contributed by atoms with van der Waals surface area (Å²) < 4.78 is 5.55. The Morgan fingerprint density at radius 2 is 1.76 bits per heavy atom. The second-order valence-electron chi connectivity index (χ2n) is 7.62. The SMILES string of the molecule is CC(C)CN(CC(C)C)c1ccc(CCOC(C)CC(=O)O)cc1N. The normalized spacial score (nSPS) is 12.6. The first-order valence-electron chi connectivity index (χ1n) is 9.15. The summed E-state index contributed by atoms with van der Waals surface area (Å²) in [5, 5.41) is 8.74. The fourth-order valence-electron chi connectivity index (χ4n) is 2.88. The number of rotatable bonds is 11. The molecule has 0 saturated carbocycles. The second-order valence-corrected chi connectivity index (χ2v) is 7.62. The fourth-order valence-corrected chi connectivity index (χ4v) is 2.88. The molecule has 0 heterocycles. The molecule has 142 valence electrons. The molecule has 0 aliphatic carbocycles. The lowest BCUT2D eigenvalue weighted by Crippen LogP contribution is -2.31. The molecule has 3 N–H and O–H groups in total.